The molecule has 2 aromatic heterocycles. The van der Waals surface area contributed by atoms with Gasteiger partial charge in [-0.2, -0.15) is 0 Å². The number of aryl methyl sites for hydroxylation is 1. The summed E-state index contributed by atoms with van der Waals surface area (Å²) in [5.41, 5.74) is 2.18. The minimum absolute atomic E-state index is 0.0732. The van der Waals surface area contributed by atoms with Crippen LogP contribution in [0.3, 0.4) is 0 Å². The third kappa shape index (κ3) is 3.64. The van der Waals surface area contributed by atoms with E-state index in [9.17, 15) is 4.79 Å². The second-order valence-electron chi connectivity index (χ2n) is 7.58. The Hall–Kier alpha value is -2.73. The lowest BCUT2D eigenvalue weighted by Crippen LogP contribution is -2.38. The number of hydrogen-bond donors (Lipinski definition) is 1. The number of aromatic nitrogens is 3. The van der Waals surface area contributed by atoms with Gasteiger partial charge in [0.2, 0.25) is 5.91 Å². The van der Waals surface area contributed by atoms with Crippen molar-refractivity contribution < 1.29 is 4.79 Å². The van der Waals surface area contributed by atoms with Crippen LogP contribution in [0.15, 0.2) is 36.7 Å². The first-order valence-corrected chi connectivity index (χ1v) is 9.97. The summed E-state index contributed by atoms with van der Waals surface area (Å²) < 4.78 is 2.08. The van der Waals surface area contributed by atoms with Crippen LogP contribution in [0, 0.1) is 12.8 Å². The summed E-state index contributed by atoms with van der Waals surface area (Å²) in [6.45, 7) is 7.20. The van der Waals surface area contributed by atoms with E-state index in [2.05, 4.69) is 49.9 Å². The standard InChI is InChI=1S/C22H27N5O/c1-4-27-9-7-16(8-10-27)22(28)25-21-12-19-11-17(5-6-18(19)13-24-21)20-14-23-15(2)26(20)3/h5-6,11-14,16H,4,7-10H2,1-3H3,(H,24,25,28). The van der Waals surface area contributed by atoms with Crippen LogP contribution >= 0.6 is 0 Å². The zero-order valence-corrected chi connectivity index (χ0v) is 16.8. The van der Waals surface area contributed by atoms with Crippen molar-refractivity contribution >= 4 is 22.5 Å². The first-order chi connectivity index (χ1) is 13.5. The van der Waals surface area contributed by atoms with Gasteiger partial charge in [0, 0.05) is 30.1 Å². The molecule has 1 amide bonds. The van der Waals surface area contributed by atoms with Crippen molar-refractivity contribution in [2.75, 3.05) is 25.0 Å². The number of nitrogens with zero attached hydrogens (tertiary/aromatic N) is 4. The fourth-order valence-electron chi connectivity index (χ4n) is 3.88. The van der Waals surface area contributed by atoms with Crippen LogP contribution in [0.2, 0.25) is 0 Å². The predicted octanol–water partition coefficient (Wildman–Crippen LogP) is 3.61. The molecule has 3 aromatic rings. The van der Waals surface area contributed by atoms with Gasteiger partial charge in [-0.15, -0.1) is 0 Å². The van der Waals surface area contributed by atoms with Crippen LogP contribution in [0.4, 0.5) is 5.82 Å². The van der Waals surface area contributed by atoms with Gasteiger partial charge in [-0.05, 0) is 56.9 Å². The molecular weight excluding hydrogens is 350 g/mol. The average molecular weight is 377 g/mol. The monoisotopic (exact) mass is 377 g/mol. The van der Waals surface area contributed by atoms with Gasteiger partial charge in [0.15, 0.2) is 0 Å². The Morgan fingerprint density at radius 3 is 2.61 bits per heavy atom. The number of likely N-dealkylation sites (tertiary alicyclic amines) is 1. The Morgan fingerprint density at radius 2 is 1.93 bits per heavy atom. The maximum Gasteiger partial charge on any atom is 0.228 e. The number of imidazole rings is 1. The molecule has 0 radical (unpaired) electrons. The second kappa shape index (κ2) is 7.72. The molecule has 1 aliphatic rings. The van der Waals surface area contributed by atoms with E-state index in [1.807, 2.05) is 32.4 Å². The van der Waals surface area contributed by atoms with Crippen LogP contribution in [-0.4, -0.2) is 45.0 Å². The SMILES string of the molecule is CCN1CCC(C(=O)Nc2cc3cc(-c4cnc(C)n4C)ccc3cn2)CC1. The smallest absolute Gasteiger partial charge is 0.228 e. The molecule has 146 valence electrons. The number of carbonyl (C=O) groups excluding carboxylic acids is 1. The van der Waals surface area contributed by atoms with Gasteiger partial charge in [0.05, 0.1) is 11.9 Å². The lowest BCUT2D eigenvalue weighted by atomic mass is 9.96. The molecule has 1 aromatic carbocycles. The molecule has 0 aliphatic carbocycles. The normalized spacial score (nSPS) is 15.8. The Labute approximate surface area is 165 Å². The first-order valence-electron chi connectivity index (χ1n) is 9.97. The quantitative estimate of drug-likeness (QED) is 0.754. The molecule has 0 atom stereocenters. The van der Waals surface area contributed by atoms with Gasteiger partial charge >= 0.3 is 0 Å². The third-order valence-electron chi connectivity index (χ3n) is 5.89. The van der Waals surface area contributed by atoms with Gasteiger partial charge in [0.25, 0.3) is 0 Å². The Bertz CT molecular complexity index is 1000. The van der Waals surface area contributed by atoms with Gasteiger partial charge in [-0.1, -0.05) is 19.1 Å². The Morgan fingerprint density at radius 1 is 1.14 bits per heavy atom. The summed E-state index contributed by atoms with van der Waals surface area (Å²) in [5, 5.41) is 5.14. The van der Waals surface area contributed by atoms with Crippen molar-refractivity contribution in [3.05, 3.63) is 42.5 Å². The molecule has 6 heteroatoms. The molecule has 0 saturated carbocycles. The molecule has 6 nitrogen and oxygen atoms in total. The van der Waals surface area contributed by atoms with Crippen molar-refractivity contribution in [1.29, 1.82) is 0 Å². The molecule has 1 aliphatic heterocycles. The van der Waals surface area contributed by atoms with Crippen molar-refractivity contribution in [3.8, 4) is 11.3 Å². The molecule has 0 spiro atoms. The zero-order chi connectivity index (χ0) is 19.7. The number of piperidine rings is 1. The predicted molar refractivity (Wildman–Crippen MR) is 112 cm³/mol. The lowest BCUT2D eigenvalue weighted by molar-refractivity contribution is -0.121. The summed E-state index contributed by atoms with van der Waals surface area (Å²) in [4.78, 5) is 23.9. The number of hydrogen-bond acceptors (Lipinski definition) is 4. The number of carbonyl (C=O) groups is 1. The topological polar surface area (TPSA) is 63.1 Å². The minimum Gasteiger partial charge on any atom is -0.331 e. The van der Waals surface area contributed by atoms with Gasteiger partial charge in [0.1, 0.15) is 11.6 Å². The minimum atomic E-state index is 0.0732. The largest absolute Gasteiger partial charge is 0.331 e. The van der Waals surface area contributed by atoms with E-state index >= 15 is 0 Å². The molecule has 1 fully saturated rings. The van der Waals surface area contributed by atoms with E-state index < -0.39 is 0 Å². The molecule has 28 heavy (non-hydrogen) atoms. The maximum atomic E-state index is 12.7. The molecular formula is C22H27N5O. The van der Waals surface area contributed by atoms with Crippen molar-refractivity contribution in [2.45, 2.75) is 26.7 Å². The summed E-state index contributed by atoms with van der Waals surface area (Å²) in [7, 11) is 2.02. The number of fused-ring (bicyclic) bond motifs is 1. The molecule has 3 heterocycles. The highest BCUT2D eigenvalue weighted by Crippen LogP contribution is 2.26. The maximum absolute atomic E-state index is 12.7. The van der Waals surface area contributed by atoms with Gasteiger partial charge in [-0.25, -0.2) is 9.97 Å². The highest BCUT2D eigenvalue weighted by atomic mass is 16.1. The fraction of sp³-hybridized carbons (Fsp3) is 0.409. The van der Waals surface area contributed by atoms with Crippen LogP contribution in [0.5, 0.6) is 0 Å². The second-order valence-corrected chi connectivity index (χ2v) is 7.58. The van der Waals surface area contributed by atoms with E-state index in [-0.39, 0.29) is 11.8 Å². The van der Waals surface area contributed by atoms with Gasteiger partial charge in [-0.3, -0.25) is 4.79 Å². The number of nitrogens with one attached hydrogen (secondary N) is 1. The zero-order valence-electron chi connectivity index (χ0n) is 16.8. The molecule has 4 rings (SSSR count). The average Bonchev–Trinajstić information content (AvgIpc) is 3.06. The summed E-state index contributed by atoms with van der Waals surface area (Å²) in [6.07, 6.45) is 5.54. The van der Waals surface area contributed by atoms with E-state index in [0.29, 0.717) is 5.82 Å². The molecule has 0 bridgehead atoms. The van der Waals surface area contributed by atoms with Crippen LogP contribution in [0.1, 0.15) is 25.6 Å². The molecule has 1 N–H and O–H groups in total. The van der Waals surface area contributed by atoms with Crippen molar-refractivity contribution in [3.63, 3.8) is 0 Å². The molecule has 0 unspecified atom stereocenters. The van der Waals surface area contributed by atoms with E-state index in [4.69, 9.17) is 0 Å². The van der Waals surface area contributed by atoms with Crippen molar-refractivity contribution in [2.24, 2.45) is 13.0 Å². The Balaban J connectivity index is 1.54. The summed E-state index contributed by atoms with van der Waals surface area (Å²) in [5.74, 6) is 1.76. The third-order valence-corrected chi connectivity index (χ3v) is 5.89. The fourth-order valence-corrected chi connectivity index (χ4v) is 3.88. The highest BCUT2D eigenvalue weighted by molar-refractivity contribution is 5.95. The highest BCUT2D eigenvalue weighted by Gasteiger charge is 2.24. The van der Waals surface area contributed by atoms with E-state index in [1.165, 1.54) is 0 Å². The number of pyridine rings is 1. The number of benzene rings is 1. The number of amides is 1. The number of anilines is 1. The van der Waals surface area contributed by atoms with E-state index in [0.717, 1.165) is 60.3 Å². The first kappa shape index (κ1) is 18.6. The van der Waals surface area contributed by atoms with Crippen LogP contribution < -0.4 is 5.32 Å². The lowest BCUT2D eigenvalue weighted by Gasteiger charge is -2.30. The van der Waals surface area contributed by atoms with Crippen LogP contribution in [0.25, 0.3) is 22.0 Å². The van der Waals surface area contributed by atoms with Crippen molar-refractivity contribution in [1.82, 2.24) is 19.4 Å². The van der Waals surface area contributed by atoms with Crippen LogP contribution in [-0.2, 0) is 11.8 Å². The Kier molecular flexibility index (Phi) is 5.13. The summed E-state index contributed by atoms with van der Waals surface area (Å²) >= 11 is 0. The number of rotatable bonds is 4. The summed E-state index contributed by atoms with van der Waals surface area (Å²) in [6, 6.07) is 8.23. The molecule has 1 saturated heterocycles. The van der Waals surface area contributed by atoms with E-state index in [1.54, 1.807) is 0 Å². The van der Waals surface area contributed by atoms with Gasteiger partial charge < -0.3 is 14.8 Å².